The molecule has 3 aromatic rings. The number of para-hydroxylation sites is 3. The van der Waals surface area contributed by atoms with Gasteiger partial charge in [-0.25, -0.2) is 4.68 Å². The lowest BCUT2D eigenvalue weighted by Crippen LogP contribution is -2.49. The van der Waals surface area contributed by atoms with Crippen molar-refractivity contribution in [2.75, 3.05) is 45.2 Å². The molecular formula is C22H25ClN6O2S. The summed E-state index contributed by atoms with van der Waals surface area (Å²) in [6.07, 6.45) is 1.72. The second-order valence-corrected chi connectivity index (χ2v) is 8.29. The van der Waals surface area contributed by atoms with E-state index in [-0.39, 0.29) is 5.91 Å². The lowest BCUT2D eigenvalue weighted by Gasteiger charge is -2.33. The molecule has 32 heavy (non-hydrogen) atoms. The monoisotopic (exact) mass is 472 g/mol. The second kappa shape index (κ2) is 10.3. The molecule has 2 aromatic carbocycles. The SMILES string of the molecule is COc1ccccc1-n1cnn(CN2CCN(CC(=O)Nc3ccccc3Cl)CC2)c1=S. The molecule has 1 aliphatic heterocycles. The van der Waals surface area contributed by atoms with E-state index in [9.17, 15) is 4.79 Å². The fourth-order valence-electron chi connectivity index (χ4n) is 3.66. The fraction of sp³-hybridized carbons (Fsp3) is 0.318. The quantitative estimate of drug-likeness (QED) is 0.532. The molecule has 1 aliphatic rings. The first kappa shape index (κ1) is 22.5. The molecule has 8 nitrogen and oxygen atoms in total. The number of nitrogens with one attached hydrogen (secondary N) is 1. The molecule has 1 N–H and O–H groups in total. The van der Waals surface area contributed by atoms with Gasteiger partial charge in [-0.1, -0.05) is 35.9 Å². The van der Waals surface area contributed by atoms with Gasteiger partial charge in [0, 0.05) is 26.2 Å². The number of anilines is 1. The molecule has 0 radical (unpaired) electrons. The molecule has 0 aliphatic carbocycles. The average Bonchev–Trinajstić information content (AvgIpc) is 3.16. The lowest BCUT2D eigenvalue weighted by molar-refractivity contribution is -0.117. The Labute approximate surface area is 197 Å². The molecule has 2 heterocycles. The maximum Gasteiger partial charge on any atom is 0.238 e. The van der Waals surface area contributed by atoms with Crippen molar-refractivity contribution in [1.82, 2.24) is 24.1 Å². The topological polar surface area (TPSA) is 67.6 Å². The molecule has 0 bridgehead atoms. The number of rotatable bonds is 7. The van der Waals surface area contributed by atoms with Crippen molar-refractivity contribution in [3.63, 3.8) is 0 Å². The summed E-state index contributed by atoms with van der Waals surface area (Å²) in [6, 6.07) is 15.0. The van der Waals surface area contributed by atoms with Crippen LogP contribution in [0.15, 0.2) is 54.9 Å². The summed E-state index contributed by atoms with van der Waals surface area (Å²) < 4.78 is 9.71. The zero-order valence-corrected chi connectivity index (χ0v) is 19.3. The number of methoxy groups -OCH3 is 1. The molecule has 0 unspecified atom stereocenters. The van der Waals surface area contributed by atoms with Crippen LogP contribution in [-0.4, -0.2) is 69.9 Å². The molecule has 1 saturated heterocycles. The van der Waals surface area contributed by atoms with E-state index in [1.165, 1.54) is 0 Å². The number of aromatic nitrogens is 3. The first-order valence-corrected chi connectivity index (χ1v) is 11.1. The highest BCUT2D eigenvalue weighted by molar-refractivity contribution is 7.71. The van der Waals surface area contributed by atoms with Crippen molar-refractivity contribution >= 4 is 35.4 Å². The maximum atomic E-state index is 12.4. The number of halogens is 1. The third kappa shape index (κ3) is 5.18. The van der Waals surface area contributed by atoms with Crippen LogP contribution in [0.2, 0.25) is 5.02 Å². The van der Waals surface area contributed by atoms with Crippen LogP contribution in [0.25, 0.3) is 5.69 Å². The molecule has 0 saturated carbocycles. The van der Waals surface area contributed by atoms with E-state index in [4.69, 9.17) is 28.6 Å². The van der Waals surface area contributed by atoms with Crippen LogP contribution in [0, 0.1) is 4.77 Å². The first-order valence-electron chi connectivity index (χ1n) is 10.3. The predicted octanol–water partition coefficient (Wildman–Crippen LogP) is 3.28. The number of benzene rings is 2. The Morgan fingerprint density at radius 3 is 2.53 bits per heavy atom. The normalized spacial score (nSPS) is 14.9. The van der Waals surface area contributed by atoms with Gasteiger partial charge in [0.15, 0.2) is 0 Å². The number of hydrogen-bond acceptors (Lipinski definition) is 6. The third-order valence-electron chi connectivity index (χ3n) is 5.39. The summed E-state index contributed by atoms with van der Waals surface area (Å²) in [5.41, 5.74) is 1.50. The molecule has 1 fully saturated rings. The molecule has 168 valence electrons. The summed E-state index contributed by atoms with van der Waals surface area (Å²) >= 11 is 11.8. The van der Waals surface area contributed by atoms with E-state index in [0.29, 0.717) is 28.7 Å². The van der Waals surface area contributed by atoms with Gasteiger partial charge in [0.25, 0.3) is 0 Å². The van der Waals surface area contributed by atoms with Gasteiger partial charge in [0.1, 0.15) is 12.1 Å². The average molecular weight is 473 g/mol. The van der Waals surface area contributed by atoms with E-state index in [0.717, 1.165) is 37.6 Å². The van der Waals surface area contributed by atoms with Crippen LogP contribution in [0.1, 0.15) is 0 Å². The number of hydrogen-bond donors (Lipinski definition) is 1. The van der Waals surface area contributed by atoms with E-state index in [1.807, 2.05) is 45.6 Å². The van der Waals surface area contributed by atoms with Gasteiger partial charge in [0.2, 0.25) is 10.7 Å². The van der Waals surface area contributed by atoms with Gasteiger partial charge in [-0.2, -0.15) is 5.10 Å². The van der Waals surface area contributed by atoms with Crippen molar-refractivity contribution in [3.8, 4) is 11.4 Å². The summed E-state index contributed by atoms with van der Waals surface area (Å²) in [6.45, 7) is 4.15. The van der Waals surface area contributed by atoms with Crippen LogP contribution in [0.5, 0.6) is 5.75 Å². The molecule has 1 aromatic heterocycles. The van der Waals surface area contributed by atoms with Gasteiger partial charge in [0.05, 0.1) is 36.7 Å². The van der Waals surface area contributed by atoms with E-state index in [1.54, 1.807) is 25.6 Å². The number of piperazine rings is 1. The van der Waals surface area contributed by atoms with Crippen molar-refractivity contribution in [2.24, 2.45) is 0 Å². The summed E-state index contributed by atoms with van der Waals surface area (Å²) in [5.74, 6) is 0.677. The molecule has 1 amide bonds. The Morgan fingerprint density at radius 1 is 1.09 bits per heavy atom. The number of amides is 1. The number of ether oxygens (including phenoxy) is 1. The highest BCUT2D eigenvalue weighted by atomic mass is 35.5. The van der Waals surface area contributed by atoms with Gasteiger partial charge in [-0.15, -0.1) is 0 Å². The van der Waals surface area contributed by atoms with Gasteiger partial charge >= 0.3 is 0 Å². The zero-order chi connectivity index (χ0) is 22.5. The Bertz CT molecular complexity index is 1140. The minimum Gasteiger partial charge on any atom is -0.495 e. The minimum absolute atomic E-state index is 0.0654. The van der Waals surface area contributed by atoms with Gasteiger partial charge in [-0.3, -0.25) is 19.2 Å². The highest BCUT2D eigenvalue weighted by Crippen LogP contribution is 2.22. The minimum atomic E-state index is -0.0654. The standard InChI is InChI=1S/C22H25ClN6O2S/c1-31-20-9-5-4-8-19(20)28-15-24-29(22(28)32)16-27-12-10-26(11-13-27)14-21(30)25-18-7-3-2-6-17(18)23/h2-9,15H,10-14,16H2,1H3,(H,25,30). The van der Waals surface area contributed by atoms with Crippen LogP contribution < -0.4 is 10.1 Å². The molecule has 4 rings (SSSR count). The summed E-state index contributed by atoms with van der Waals surface area (Å²) in [4.78, 5) is 16.8. The van der Waals surface area contributed by atoms with Crippen molar-refractivity contribution in [3.05, 3.63) is 64.7 Å². The van der Waals surface area contributed by atoms with Gasteiger partial charge in [-0.05, 0) is 36.5 Å². The molecular weight excluding hydrogens is 448 g/mol. The van der Waals surface area contributed by atoms with E-state index < -0.39 is 0 Å². The largest absolute Gasteiger partial charge is 0.495 e. The van der Waals surface area contributed by atoms with Crippen molar-refractivity contribution in [2.45, 2.75) is 6.67 Å². The zero-order valence-electron chi connectivity index (χ0n) is 17.8. The number of carbonyl (C=O) groups excluding carboxylic acids is 1. The maximum absolute atomic E-state index is 12.4. The van der Waals surface area contributed by atoms with Gasteiger partial charge < -0.3 is 10.1 Å². The third-order valence-corrected chi connectivity index (χ3v) is 6.13. The lowest BCUT2D eigenvalue weighted by atomic mass is 10.3. The Balaban J connectivity index is 1.31. The van der Waals surface area contributed by atoms with E-state index in [2.05, 4.69) is 20.2 Å². The second-order valence-electron chi connectivity index (χ2n) is 7.52. The van der Waals surface area contributed by atoms with Crippen LogP contribution in [0.4, 0.5) is 5.69 Å². The molecule has 10 heteroatoms. The van der Waals surface area contributed by atoms with Crippen LogP contribution in [0.3, 0.4) is 0 Å². The smallest absolute Gasteiger partial charge is 0.238 e. The van der Waals surface area contributed by atoms with Crippen LogP contribution >= 0.6 is 23.8 Å². The summed E-state index contributed by atoms with van der Waals surface area (Å²) in [7, 11) is 1.64. The first-order chi connectivity index (χ1) is 15.5. The number of carbonyl (C=O) groups is 1. The fourth-order valence-corrected chi connectivity index (χ4v) is 4.10. The highest BCUT2D eigenvalue weighted by Gasteiger charge is 2.20. The van der Waals surface area contributed by atoms with Crippen molar-refractivity contribution in [1.29, 1.82) is 0 Å². The van der Waals surface area contributed by atoms with E-state index >= 15 is 0 Å². The predicted molar refractivity (Wildman–Crippen MR) is 127 cm³/mol. The molecule has 0 atom stereocenters. The summed E-state index contributed by atoms with van der Waals surface area (Å²) in [5, 5.41) is 7.89. The Hall–Kier alpha value is -2.72. The Kier molecular flexibility index (Phi) is 7.21. The van der Waals surface area contributed by atoms with Crippen molar-refractivity contribution < 1.29 is 9.53 Å². The molecule has 0 spiro atoms. The Morgan fingerprint density at radius 2 is 1.78 bits per heavy atom. The number of nitrogens with zero attached hydrogens (tertiary/aromatic N) is 5. The van der Waals surface area contributed by atoms with Crippen LogP contribution in [-0.2, 0) is 11.5 Å².